The van der Waals surface area contributed by atoms with E-state index in [0.717, 1.165) is 22.0 Å². The molecule has 5 atom stereocenters. The zero-order valence-corrected chi connectivity index (χ0v) is 31.8. The van der Waals surface area contributed by atoms with Gasteiger partial charge < -0.3 is 53.9 Å². The highest BCUT2D eigenvalue weighted by Crippen LogP contribution is 2.20. The first-order valence-electron chi connectivity index (χ1n) is 19.1. The maximum atomic E-state index is 14.2. The number of H-pyrrole nitrogens is 1. The molecule has 0 saturated carbocycles. The minimum absolute atomic E-state index is 0.00469. The molecule has 1 aromatic heterocycles. The first kappa shape index (κ1) is 43.5. The summed E-state index contributed by atoms with van der Waals surface area (Å²) in [6.45, 7) is 0.570. The molecule has 3 aromatic carbocycles. The van der Waals surface area contributed by atoms with E-state index >= 15 is 0 Å². The van der Waals surface area contributed by atoms with Gasteiger partial charge >= 0.3 is 5.97 Å². The van der Waals surface area contributed by atoms with Crippen LogP contribution < -0.4 is 43.8 Å². The van der Waals surface area contributed by atoms with Gasteiger partial charge in [0, 0.05) is 36.5 Å². The summed E-state index contributed by atoms with van der Waals surface area (Å²) in [6, 6.07) is 19.9. The van der Waals surface area contributed by atoms with Crippen molar-refractivity contribution >= 4 is 46.5 Å². The lowest BCUT2D eigenvalue weighted by molar-refractivity contribution is -0.142. The number of hydrogen-bond donors (Lipinski definition) is 11. The fraction of sp³-hybridized carbons (Fsp3) is 0.366. The smallest absolute Gasteiger partial charge is 0.326 e. The van der Waals surface area contributed by atoms with Crippen LogP contribution in [0.15, 0.2) is 91.1 Å². The van der Waals surface area contributed by atoms with E-state index in [1.807, 2.05) is 72.8 Å². The Kier molecular flexibility index (Phi) is 17.0. The van der Waals surface area contributed by atoms with Gasteiger partial charge in [-0.2, -0.15) is 0 Å². The predicted octanol–water partition coefficient (Wildman–Crippen LogP) is 0.939. The number of carbonyl (C=O) groups excluding carboxylic acids is 4. The van der Waals surface area contributed by atoms with Crippen molar-refractivity contribution in [3.8, 4) is 0 Å². The Morgan fingerprint density at radius 3 is 1.81 bits per heavy atom. The molecular weight excluding hydrogens is 729 g/mol. The largest absolute Gasteiger partial charge is 0.480 e. The highest BCUT2D eigenvalue weighted by Gasteiger charge is 2.32. The van der Waals surface area contributed by atoms with Crippen molar-refractivity contribution < 1.29 is 29.1 Å². The number of unbranched alkanes of at least 4 members (excludes halogenated alkanes) is 1. The van der Waals surface area contributed by atoms with Crippen molar-refractivity contribution in [1.82, 2.24) is 31.6 Å². The second-order valence-electron chi connectivity index (χ2n) is 13.9. The van der Waals surface area contributed by atoms with Crippen LogP contribution in [0.2, 0.25) is 0 Å². The molecule has 0 saturated heterocycles. The van der Waals surface area contributed by atoms with E-state index in [-0.39, 0.29) is 51.0 Å². The zero-order chi connectivity index (χ0) is 41.2. The molecule has 1 heterocycles. The standard InChI is InChI=1S/C41H54N10O6/c42-20-10-9-18-33(40(56)57)49-39(55)35(24-28-25-47-31-17-8-7-16-29(28)31)51-37(53)32(19-11-21-46-41(44)45)48-38(54)34(23-27-14-5-2-6-15-27)50-36(52)30(43)22-26-12-3-1-4-13-26/h1-8,12-17,25,30,32-35,47H,9-11,18-24,42-43H2,(H,48,54)(H,49,55)(H,50,52)(H,51,53)(H,56,57)(H4,44,45,46)/t30-,32-,33-,34-,35-/m0/s1. The van der Waals surface area contributed by atoms with Crippen LogP contribution in [0.1, 0.15) is 48.8 Å². The molecule has 304 valence electrons. The second-order valence-corrected chi connectivity index (χ2v) is 13.9. The lowest BCUT2D eigenvalue weighted by atomic mass is 10.0. The van der Waals surface area contributed by atoms with Crippen LogP contribution in [0.3, 0.4) is 0 Å². The number of amides is 4. The Morgan fingerprint density at radius 2 is 1.18 bits per heavy atom. The van der Waals surface area contributed by atoms with Crippen molar-refractivity contribution in [1.29, 1.82) is 5.41 Å². The van der Waals surface area contributed by atoms with Gasteiger partial charge in [-0.3, -0.25) is 24.6 Å². The van der Waals surface area contributed by atoms with Crippen LogP contribution in [0, 0.1) is 5.41 Å². The number of guanidine groups is 1. The highest BCUT2D eigenvalue weighted by molar-refractivity contribution is 5.96. The average molecular weight is 783 g/mol. The normalized spacial score (nSPS) is 13.6. The molecule has 16 nitrogen and oxygen atoms in total. The van der Waals surface area contributed by atoms with Crippen LogP contribution in [0.4, 0.5) is 0 Å². The third-order valence-corrected chi connectivity index (χ3v) is 9.46. The third kappa shape index (κ3) is 14.1. The Balaban J connectivity index is 1.59. The molecule has 57 heavy (non-hydrogen) atoms. The molecule has 4 amide bonds. The molecule has 0 bridgehead atoms. The number of rotatable bonds is 23. The molecular formula is C41H54N10O6. The summed E-state index contributed by atoms with van der Waals surface area (Å²) in [7, 11) is 0. The molecule has 0 aliphatic rings. The van der Waals surface area contributed by atoms with Crippen LogP contribution >= 0.6 is 0 Å². The number of aromatic nitrogens is 1. The molecule has 0 aliphatic heterocycles. The minimum atomic E-state index is -1.25. The van der Waals surface area contributed by atoms with Crippen LogP contribution in [0.5, 0.6) is 0 Å². The molecule has 14 N–H and O–H groups in total. The summed E-state index contributed by atoms with van der Waals surface area (Å²) in [5, 5.41) is 31.8. The fourth-order valence-corrected chi connectivity index (χ4v) is 6.39. The number of aliphatic carboxylic acids is 1. The van der Waals surface area contributed by atoms with Gasteiger partial charge in [-0.1, -0.05) is 78.9 Å². The average Bonchev–Trinajstić information content (AvgIpc) is 3.61. The molecule has 4 rings (SSSR count). The van der Waals surface area contributed by atoms with E-state index in [4.69, 9.17) is 22.6 Å². The number of fused-ring (bicyclic) bond motifs is 1. The van der Waals surface area contributed by atoms with Crippen LogP contribution in [-0.2, 0) is 43.2 Å². The summed E-state index contributed by atoms with van der Waals surface area (Å²) in [6.07, 6.45) is 3.53. The molecule has 0 aliphatic carbocycles. The van der Waals surface area contributed by atoms with Gasteiger partial charge in [0.2, 0.25) is 23.6 Å². The van der Waals surface area contributed by atoms with Gasteiger partial charge in [-0.05, 0) is 67.8 Å². The van der Waals surface area contributed by atoms with E-state index in [1.165, 1.54) is 0 Å². The summed E-state index contributed by atoms with van der Waals surface area (Å²) >= 11 is 0. The van der Waals surface area contributed by atoms with Gasteiger partial charge in [-0.15, -0.1) is 0 Å². The SMILES string of the molecule is N=C(N)NCCC[C@H](NC(=O)[C@H](Cc1ccccc1)NC(=O)[C@@H](N)Cc1ccccc1)C(=O)N[C@@H](Cc1c[nH]c2ccccc12)C(=O)N[C@@H](CCCCN)C(=O)O. The second kappa shape index (κ2) is 22.3. The molecule has 16 heteroatoms. The van der Waals surface area contributed by atoms with Crippen molar-refractivity contribution in [2.75, 3.05) is 13.1 Å². The number of carboxylic acids is 1. The van der Waals surface area contributed by atoms with Gasteiger partial charge in [0.1, 0.15) is 24.2 Å². The first-order chi connectivity index (χ1) is 27.4. The van der Waals surface area contributed by atoms with E-state index in [9.17, 15) is 29.1 Å². The number of hydrogen-bond acceptors (Lipinski definition) is 8. The molecule has 0 unspecified atom stereocenters. The zero-order valence-electron chi connectivity index (χ0n) is 31.8. The molecule has 4 aromatic rings. The summed E-state index contributed by atoms with van der Waals surface area (Å²) in [4.78, 5) is 70.9. The Bertz CT molecular complexity index is 1940. The number of nitrogens with two attached hydrogens (primary N) is 3. The Labute approximate surface area is 331 Å². The number of carboxylic acid groups (broad SMARTS) is 1. The maximum Gasteiger partial charge on any atom is 0.326 e. The van der Waals surface area contributed by atoms with Crippen LogP contribution in [0.25, 0.3) is 10.9 Å². The third-order valence-electron chi connectivity index (χ3n) is 9.46. The van der Waals surface area contributed by atoms with Crippen LogP contribution in [-0.4, -0.2) is 88.9 Å². The van der Waals surface area contributed by atoms with Crippen molar-refractivity contribution in [2.24, 2.45) is 17.2 Å². The Morgan fingerprint density at radius 1 is 0.649 bits per heavy atom. The van der Waals surface area contributed by atoms with E-state index in [2.05, 4.69) is 31.6 Å². The molecule has 0 radical (unpaired) electrons. The summed E-state index contributed by atoms with van der Waals surface area (Å²) in [5.74, 6) is -4.16. The van der Waals surface area contributed by atoms with E-state index < -0.39 is 59.8 Å². The molecule has 0 fully saturated rings. The van der Waals surface area contributed by atoms with E-state index in [0.29, 0.717) is 24.9 Å². The first-order valence-corrected chi connectivity index (χ1v) is 19.1. The van der Waals surface area contributed by atoms with Crippen molar-refractivity contribution in [3.05, 3.63) is 108 Å². The van der Waals surface area contributed by atoms with Gasteiger partial charge in [0.25, 0.3) is 0 Å². The lowest BCUT2D eigenvalue weighted by Crippen LogP contribution is -2.59. The number of carbonyl (C=O) groups is 5. The number of nitrogens with one attached hydrogen (secondary N) is 7. The summed E-state index contributed by atoms with van der Waals surface area (Å²) < 4.78 is 0. The maximum absolute atomic E-state index is 14.2. The summed E-state index contributed by atoms with van der Waals surface area (Å²) in [5.41, 5.74) is 20.4. The van der Waals surface area contributed by atoms with Crippen molar-refractivity contribution in [2.45, 2.75) is 81.6 Å². The van der Waals surface area contributed by atoms with Gasteiger partial charge in [0.15, 0.2) is 5.96 Å². The number of benzene rings is 3. The van der Waals surface area contributed by atoms with Gasteiger partial charge in [-0.25, -0.2) is 4.79 Å². The lowest BCUT2D eigenvalue weighted by Gasteiger charge is -2.27. The highest BCUT2D eigenvalue weighted by atomic mass is 16.4. The number of para-hydroxylation sites is 1. The topological polar surface area (TPSA) is 283 Å². The number of aromatic amines is 1. The van der Waals surface area contributed by atoms with Crippen molar-refractivity contribution in [3.63, 3.8) is 0 Å². The monoisotopic (exact) mass is 782 g/mol. The fourth-order valence-electron chi connectivity index (χ4n) is 6.39. The molecule has 0 spiro atoms. The minimum Gasteiger partial charge on any atom is -0.480 e. The van der Waals surface area contributed by atoms with E-state index in [1.54, 1.807) is 18.3 Å². The predicted molar refractivity (Wildman–Crippen MR) is 218 cm³/mol. The Hall–Kier alpha value is -6.26. The quantitative estimate of drug-likeness (QED) is 0.0288. The van der Waals surface area contributed by atoms with Gasteiger partial charge in [0.05, 0.1) is 6.04 Å².